The van der Waals surface area contributed by atoms with Gasteiger partial charge >= 0.3 is 11.9 Å². The Morgan fingerprint density at radius 1 is 0.806 bits per heavy atom. The fourth-order valence-corrected chi connectivity index (χ4v) is 5.14. The molecule has 2 heterocycles. The molecule has 31 heavy (non-hydrogen) atoms. The van der Waals surface area contributed by atoms with Crippen LogP contribution in [0.1, 0.15) is 23.0 Å². The zero-order valence-corrected chi connectivity index (χ0v) is 17.0. The topological polar surface area (TPSA) is 91.3 Å². The van der Waals surface area contributed by atoms with Crippen LogP contribution in [0, 0.1) is 11.8 Å². The number of hydrogen-bond donors (Lipinski definition) is 1. The van der Waals surface area contributed by atoms with Crippen molar-refractivity contribution in [2.45, 2.75) is 36.4 Å². The molecule has 1 saturated carbocycles. The number of fused-ring (bicyclic) bond motifs is 3. The SMILES string of the molecule is CO[C@@H]1OC[C@H]2OC(=O)[C@H]3[C@@H](C(=O)O[C@@H]1[C@H]2O)[C@H](c1ccccc1)[C@@H]3c1ccccc1. The molecule has 2 aromatic carbocycles. The van der Waals surface area contributed by atoms with E-state index < -0.39 is 48.4 Å². The number of aliphatic hydroxyl groups is 1. The quantitative estimate of drug-likeness (QED) is 0.754. The number of ether oxygens (including phenoxy) is 4. The maximum atomic E-state index is 13.3. The van der Waals surface area contributed by atoms with Gasteiger partial charge in [0, 0.05) is 18.9 Å². The highest BCUT2D eigenvalue weighted by atomic mass is 16.7. The zero-order chi connectivity index (χ0) is 21.5. The Bertz CT molecular complexity index is 947. The summed E-state index contributed by atoms with van der Waals surface area (Å²) in [5.74, 6) is -3.03. The van der Waals surface area contributed by atoms with E-state index in [1.54, 1.807) is 0 Å². The lowest BCUT2D eigenvalue weighted by Gasteiger charge is -2.49. The molecule has 0 radical (unpaired) electrons. The fraction of sp³-hybridized carbons (Fsp3) is 0.417. The van der Waals surface area contributed by atoms with Crippen molar-refractivity contribution in [3.63, 3.8) is 0 Å². The highest BCUT2D eigenvalue weighted by Crippen LogP contribution is 2.59. The van der Waals surface area contributed by atoms with Gasteiger partial charge in [-0.2, -0.15) is 0 Å². The first kappa shape index (κ1) is 20.2. The molecular formula is C24H24O7. The molecule has 1 N–H and O–H groups in total. The van der Waals surface area contributed by atoms with E-state index in [9.17, 15) is 14.7 Å². The van der Waals surface area contributed by atoms with Crippen molar-refractivity contribution in [1.29, 1.82) is 0 Å². The summed E-state index contributed by atoms with van der Waals surface area (Å²) < 4.78 is 22.1. The van der Waals surface area contributed by atoms with Crippen LogP contribution in [0.25, 0.3) is 0 Å². The van der Waals surface area contributed by atoms with Crippen LogP contribution in [0.3, 0.4) is 0 Å². The second-order valence-corrected chi connectivity index (χ2v) is 8.23. The molecule has 0 amide bonds. The first-order chi connectivity index (χ1) is 15.1. The van der Waals surface area contributed by atoms with Gasteiger partial charge in [0.2, 0.25) is 0 Å². The van der Waals surface area contributed by atoms with Crippen molar-refractivity contribution in [2.24, 2.45) is 11.8 Å². The molecule has 3 fully saturated rings. The van der Waals surface area contributed by atoms with E-state index in [-0.39, 0.29) is 18.4 Å². The van der Waals surface area contributed by atoms with Crippen LogP contribution >= 0.6 is 0 Å². The van der Waals surface area contributed by atoms with Gasteiger partial charge in [-0.05, 0) is 11.1 Å². The predicted molar refractivity (Wildman–Crippen MR) is 108 cm³/mol. The Hall–Kier alpha value is -2.74. The number of carbonyl (C=O) groups excluding carboxylic acids is 2. The molecule has 7 nitrogen and oxygen atoms in total. The van der Waals surface area contributed by atoms with Crippen LogP contribution < -0.4 is 0 Å². The maximum absolute atomic E-state index is 13.3. The molecular weight excluding hydrogens is 400 g/mol. The third-order valence-electron chi connectivity index (χ3n) is 6.62. The van der Waals surface area contributed by atoms with Crippen molar-refractivity contribution in [2.75, 3.05) is 13.7 Å². The molecule has 2 aliphatic heterocycles. The lowest BCUT2D eigenvalue weighted by Crippen LogP contribution is -2.56. The number of benzene rings is 2. The molecule has 7 heteroatoms. The van der Waals surface area contributed by atoms with E-state index in [1.165, 1.54) is 7.11 Å². The van der Waals surface area contributed by atoms with Gasteiger partial charge in [0.1, 0.15) is 6.10 Å². The molecule has 5 rings (SSSR count). The van der Waals surface area contributed by atoms with Crippen molar-refractivity contribution in [1.82, 2.24) is 0 Å². The Kier molecular flexibility index (Phi) is 5.25. The first-order valence-electron chi connectivity index (χ1n) is 10.4. The lowest BCUT2D eigenvalue weighted by atomic mass is 9.52. The Morgan fingerprint density at radius 3 is 1.84 bits per heavy atom. The molecule has 2 aromatic rings. The molecule has 0 spiro atoms. The number of carbonyl (C=O) groups is 2. The smallest absolute Gasteiger partial charge is 0.311 e. The van der Waals surface area contributed by atoms with Crippen molar-refractivity contribution >= 4 is 11.9 Å². The molecule has 8 atom stereocenters. The number of rotatable bonds is 3. The highest BCUT2D eigenvalue weighted by Gasteiger charge is 2.62. The molecule has 162 valence electrons. The summed E-state index contributed by atoms with van der Waals surface area (Å²) in [4.78, 5) is 26.6. The lowest BCUT2D eigenvalue weighted by molar-refractivity contribution is -0.270. The minimum absolute atomic E-state index is 0.0328. The van der Waals surface area contributed by atoms with Crippen LogP contribution in [0.4, 0.5) is 0 Å². The highest BCUT2D eigenvalue weighted by molar-refractivity contribution is 5.87. The van der Waals surface area contributed by atoms with E-state index >= 15 is 0 Å². The summed E-state index contributed by atoms with van der Waals surface area (Å²) >= 11 is 0. The second-order valence-electron chi connectivity index (χ2n) is 8.23. The van der Waals surface area contributed by atoms with Crippen molar-refractivity contribution in [3.8, 4) is 0 Å². The average Bonchev–Trinajstić information content (AvgIpc) is 2.78. The van der Waals surface area contributed by atoms with Gasteiger partial charge in [0.05, 0.1) is 18.4 Å². The Balaban J connectivity index is 1.58. The van der Waals surface area contributed by atoms with E-state index in [0.717, 1.165) is 11.1 Å². The van der Waals surface area contributed by atoms with Crippen LogP contribution in [0.15, 0.2) is 60.7 Å². The summed E-state index contributed by atoms with van der Waals surface area (Å²) in [6, 6.07) is 19.3. The Labute approximate surface area is 179 Å². The van der Waals surface area contributed by atoms with E-state index in [0.29, 0.717) is 0 Å². The molecule has 3 aliphatic rings. The Morgan fingerprint density at radius 2 is 1.32 bits per heavy atom. The predicted octanol–water partition coefficient (Wildman–Crippen LogP) is 2.00. The van der Waals surface area contributed by atoms with Crippen LogP contribution in [-0.4, -0.2) is 55.4 Å². The summed E-state index contributed by atoms with van der Waals surface area (Å²) in [5, 5.41) is 10.7. The maximum Gasteiger partial charge on any atom is 0.311 e. The van der Waals surface area contributed by atoms with Crippen LogP contribution in [0.5, 0.6) is 0 Å². The van der Waals surface area contributed by atoms with Crippen molar-refractivity contribution < 1.29 is 33.6 Å². The minimum atomic E-state index is -1.23. The average molecular weight is 424 g/mol. The van der Waals surface area contributed by atoms with Gasteiger partial charge in [-0.25, -0.2) is 0 Å². The standard InChI is InChI=1S/C24H24O7/c1-28-24-21-20(25)15(12-29-24)30-22(26)18-16(13-8-4-2-5-9-13)17(19(18)23(27)31-21)14-10-6-3-7-11-14/h2-11,15-21,24-25H,12H2,1H3/t15-,16+,17-,18-,19+,20+,21-,24-/m1/s1. The normalized spacial score (nSPS) is 37.2. The van der Waals surface area contributed by atoms with E-state index in [4.69, 9.17) is 18.9 Å². The second kappa shape index (κ2) is 8.07. The van der Waals surface area contributed by atoms with Gasteiger partial charge in [-0.1, -0.05) is 60.7 Å². The summed E-state index contributed by atoms with van der Waals surface area (Å²) in [6.45, 7) is -0.0328. The van der Waals surface area contributed by atoms with Gasteiger partial charge < -0.3 is 24.1 Å². The number of aliphatic hydroxyl groups excluding tert-OH is 1. The van der Waals surface area contributed by atoms with Gasteiger partial charge in [-0.15, -0.1) is 0 Å². The summed E-state index contributed by atoms with van der Waals surface area (Å²) in [7, 11) is 1.41. The number of esters is 2. The molecule has 2 saturated heterocycles. The zero-order valence-electron chi connectivity index (χ0n) is 17.0. The van der Waals surface area contributed by atoms with Gasteiger partial charge in [0.15, 0.2) is 18.5 Å². The third-order valence-corrected chi connectivity index (χ3v) is 6.62. The summed E-state index contributed by atoms with van der Waals surface area (Å²) in [6.07, 6.45) is -4.15. The molecule has 0 unspecified atom stereocenters. The fourth-order valence-electron chi connectivity index (χ4n) is 5.14. The van der Waals surface area contributed by atoms with Crippen LogP contribution in [-0.2, 0) is 28.5 Å². The van der Waals surface area contributed by atoms with Gasteiger partial charge in [0.25, 0.3) is 0 Å². The minimum Gasteiger partial charge on any atom is -0.457 e. The van der Waals surface area contributed by atoms with E-state index in [2.05, 4.69) is 0 Å². The first-order valence-corrected chi connectivity index (χ1v) is 10.4. The van der Waals surface area contributed by atoms with Gasteiger partial charge in [-0.3, -0.25) is 9.59 Å². The van der Waals surface area contributed by atoms with E-state index in [1.807, 2.05) is 60.7 Å². The van der Waals surface area contributed by atoms with Crippen molar-refractivity contribution in [3.05, 3.63) is 71.8 Å². The monoisotopic (exact) mass is 424 g/mol. The molecule has 1 aliphatic carbocycles. The van der Waals surface area contributed by atoms with Crippen LogP contribution in [0.2, 0.25) is 0 Å². The number of methoxy groups -OCH3 is 1. The molecule has 2 bridgehead atoms. The number of hydrogen-bond acceptors (Lipinski definition) is 7. The summed E-state index contributed by atoms with van der Waals surface area (Å²) in [5.41, 5.74) is 1.90. The largest absolute Gasteiger partial charge is 0.457 e. The third kappa shape index (κ3) is 3.33. The molecule has 0 aromatic heterocycles.